The van der Waals surface area contributed by atoms with E-state index >= 15 is 0 Å². The zero-order valence-electron chi connectivity index (χ0n) is 9.47. The first-order valence-electron chi connectivity index (χ1n) is 5.88. The fourth-order valence-corrected chi connectivity index (χ4v) is 2.57. The molecule has 0 spiro atoms. The van der Waals surface area contributed by atoms with E-state index in [9.17, 15) is 0 Å². The Hall–Kier alpha value is -0.240. The number of rotatable bonds is 5. The molecule has 1 aliphatic carbocycles. The first-order chi connectivity index (χ1) is 7.74. The molecular weight excluding hydrogens is 241 g/mol. The van der Waals surface area contributed by atoms with Gasteiger partial charge in [0.2, 0.25) is 0 Å². The van der Waals surface area contributed by atoms with E-state index in [1.807, 2.05) is 12.1 Å². The standard InChI is InChI=1S/C13H17Cl2N/c1-2-6-16-8-9-7-11(9)10-4-3-5-12(14)13(10)15/h3-5,9,11,16H,2,6-8H2,1H3. The van der Waals surface area contributed by atoms with Crippen LogP contribution in [0.15, 0.2) is 18.2 Å². The lowest BCUT2D eigenvalue weighted by atomic mass is 10.1. The molecule has 0 radical (unpaired) electrons. The Balaban J connectivity index is 1.93. The highest BCUT2D eigenvalue weighted by Crippen LogP contribution is 2.50. The summed E-state index contributed by atoms with van der Waals surface area (Å²) in [5, 5.41) is 4.87. The molecule has 1 aromatic rings. The minimum absolute atomic E-state index is 0.607. The van der Waals surface area contributed by atoms with Gasteiger partial charge in [-0.05, 0) is 49.4 Å². The highest BCUT2D eigenvalue weighted by Gasteiger charge is 2.39. The SMILES string of the molecule is CCCNCC1CC1c1cccc(Cl)c1Cl. The van der Waals surface area contributed by atoms with Crippen LogP contribution < -0.4 is 5.32 Å². The Kier molecular flexibility index (Phi) is 4.12. The average Bonchev–Trinajstić information content (AvgIpc) is 3.02. The molecule has 1 N–H and O–H groups in total. The summed E-state index contributed by atoms with van der Waals surface area (Å²) in [6, 6.07) is 5.93. The number of nitrogens with one attached hydrogen (secondary N) is 1. The van der Waals surface area contributed by atoms with Crippen molar-refractivity contribution in [3.63, 3.8) is 0 Å². The summed E-state index contributed by atoms with van der Waals surface area (Å²) < 4.78 is 0. The minimum Gasteiger partial charge on any atom is -0.316 e. The smallest absolute Gasteiger partial charge is 0.0627 e. The van der Waals surface area contributed by atoms with Crippen LogP contribution in [0.3, 0.4) is 0 Å². The monoisotopic (exact) mass is 257 g/mol. The van der Waals surface area contributed by atoms with E-state index in [2.05, 4.69) is 18.3 Å². The topological polar surface area (TPSA) is 12.0 Å². The molecule has 3 heteroatoms. The molecule has 2 unspecified atom stereocenters. The van der Waals surface area contributed by atoms with Crippen LogP contribution in [-0.4, -0.2) is 13.1 Å². The molecule has 88 valence electrons. The molecule has 0 aromatic heterocycles. The Bertz CT molecular complexity index is 365. The molecule has 0 bridgehead atoms. The number of halogens is 2. The molecule has 0 saturated heterocycles. The molecule has 1 fully saturated rings. The van der Waals surface area contributed by atoms with Crippen LogP contribution in [0.5, 0.6) is 0 Å². The number of hydrogen-bond donors (Lipinski definition) is 1. The van der Waals surface area contributed by atoms with Crippen LogP contribution in [0.25, 0.3) is 0 Å². The van der Waals surface area contributed by atoms with Crippen molar-refractivity contribution in [3.05, 3.63) is 33.8 Å². The minimum atomic E-state index is 0.607. The lowest BCUT2D eigenvalue weighted by Crippen LogP contribution is -2.17. The molecule has 1 aromatic carbocycles. The normalized spacial score (nSPS) is 23.4. The Morgan fingerprint density at radius 2 is 2.19 bits per heavy atom. The molecule has 1 aliphatic rings. The third-order valence-corrected chi connectivity index (χ3v) is 3.97. The predicted molar refractivity (Wildman–Crippen MR) is 70.5 cm³/mol. The molecule has 0 heterocycles. The first-order valence-corrected chi connectivity index (χ1v) is 6.64. The zero-order valence-corrected chi connectivity index (χ0v) is 11.0. The van der Waals surface area contributed by atoms with Gasteiger partial charge < -0.3 is 5.32 Å². The van der Waals surface area contributed by atoms with Gasteiger partial charge in [-0.2, -0.15) is 0 Å². The van der Waals surface area contributed by atoms with E-state index in [-0.39, 0.29) is 0 Å². The summed E-state index contributed by atoms with van der Waals surface area (Å²) in [5.74, 6) is 1.35. The second kappa shape index (κ2) is 5.39. The van der Waals surface area contributed by atoms with Crippen LogP contribution in [0.4, 0.5) is 0 Å². The van der Waals surface area contributed by atoms with Gasteiger partial charge in [-0.25, -0.2) is 0 Å². The van der Waals surface area contributed by atoms with Crippen molar-refractivity contribution in [2.45, 2.75) is 25.7 Å². The van der Waals surface area contributed by atoms with Gasteiger partial charge >= 0.3 is 0 Å². The molecule has 16 heavy (non-hydrogen) atoms. The number of benzene rings is 1. The van der Waals surface area contributed by atoms with Crippen molar-refractivity contribution in [1.82, 2.24) is 5.32 Å². The third-order valence-electron chi connectivity index (χ3n) is 3.14. The van der Waals surface area contributed by atoms with Gasteiger partial charge in [0, 0.05) is 0 Å². The summed E-state index contributed by atoms with van der Waals surface area (Å²) in [4.78, 5) is 0. The van der Waals surface area contributed by atoms with Crippen LogP contribution in [0.1, 0.15) is 31.2 Å². The molecule has 0 aliphatic heterocycles. The maximum atomic E-state index is 6.20. The second-order valence-electron chi connectivity index (χ2n) is 4.45. The van der Waals surface area contributed by atoms with E-state index in [0.29, 0.717) is 10.9 Å². The molecule has 1 saturated carbocycles. The van der Waals surface area contributed by atoms with Gasteiger partial charge in [0.15, 0.2) is 0 Å². The molecule has 2 rings (SSSR count). The van der Waals surface area contributed by atoms with Crippen molar-refractivity contribution < 1.29 is 0 Å². The van der Waals surface area contributed by atoms with E-state index in [4.69, 9.17) is 23.2 Å². The van der Waals surface area contributed by atoms with E-state index in [1.165, 1.54) is 18.4 Å². The average molecular weight is 258 g/mol. The predicted octanol–water partition coefficient (Wildman–Crippen LogP) is 4.10. The van der Waals surface area contributed by atoms with Gasteiger partial charge in [-0.15, -0.1) is 0 Å². The van der Waals surface area contributed by atoms with Crippen LogP contribution >= 0.6 is 23.2 Å². The fourth-order valence-electron chi connectivity index (χ4n) is 2.13. The summed E-state index contributed by atoms with van der Waals surface area (Å²) in [5.41, 5.74) is 1.22. The van der Waals surface area contributed by atoms with Crippen molar-refractivity contribution in [2.24, 2.45) is 5.92 Å². The highest BCUT2D eigenvalue weighted by atomic mass is 35.5. The Labute approximate surface area is 107 Å². The molecule has 1 nitrogen and oxygen atoms in total. The van der Waals surface area contributed by atoms with Crippen molar-refractivity contribution >= 4 is 23.2 Å². The van der Waals surface area contributed by atoms with E-state index < -0.39 is 0 Å². The highest BCUT2D eigenvalue weighted by molar-refractivity contribution is 6.42. The van der Waals surface area contributed by atoms with Crippen molar-refractivity contribution in [3.8, 4) is 0 Å². The number of hydrogen-bond acceptors (Lipinski definition) is 1. The first kappa shape index (κ1) is 12.2. The maximum Gasteiger partial charge on any atom is 0.0627 e. The quantitative estimate of drug-likeness (QED) is 0.784. The molecule has 0 amide bonds. The van der Waals surface area contributed by atoms with Gasteiger partial charge in [0.25, 0.3) is 0 Å². The summed E-state index contributed by atoms with van der Waals surface area (Å²) in [6.45, 7) is 4.39. The van der Waals surface area contributed by atoms with Gasteiger partial charge in [-0.1, -0.05) is 42.3 Å². The van der Waals surface area contributed by atoms with Gasteiger partial charge in [0.1, 0.15) is 0 Å². The summed E-state index contributed by atoms with van der Waals surface area (Å²) >= 11 is 12.2. The summed E-state index contributed by atoms with van der Waals surface area (Å²) in [6.07, 6.45) is 2.42. The van der Waals surface area contributed by atoms with Crippen molar-refractivity contribution in [1.29, 1.82) is 0 Å². The Morgan fingerprint density at radius 3 is 2.94 bits per heavy atom. The van der Waals surface area contributed by atoms with E-state index in [1.54, 1.807) is 0 Å². The molecular formula is C13H17Cl2N. The largest absolute Gasteiger partial charge is 0.316 e. The fraction of sp³-hybridized carbons (Fsp3) is 0.538. The maximum absolute atomic E-state index is 6.20. The van der Waals surface area contributed by atoms with Gasteiger partial charge in [0.05, 0.1) is 10.0 Å². The second-order valence-corrected chi connectivity index (χ2v) is 5.23. The van der Waals surface area contributed by atoms with Crippen LogP contribution in [0, 0.1) is 5.92 Å². The van der Waals surface area contributed by atoms with E-state index in [0.717, 1.165) is 24.0 Å². The summed E-state index contributed by atoms with van der Waals surface area (Å²) in [7, 11) is 0. The van der Waals surface area contributed by atoms with Gasteiger partial charge in [-0.3, -0.25) is 0 Å². The molecule has 2 atom stereocenters. The third kappa shape index (κ3) is 2.71. The van der Waals surface area contributed by atoms with Crippen molar-refractivity contribution in [2.75, 3.05) is 13.1 Å². The lowest BCUT2D eigenvalue weighted by molar-refractivity contribution is 0.620. The van der Waals surface area contributed by atoms with Crippen LogP contribution in [0.2, 0.25) is 10.0 Å². The van der Waals surface area contributed by atoms with Crippen LogP contribution in [-0.2, 0) is 0 Å². The lowest BCUT2D eigenvalue weighted by Gasteiger charge is -2.05. The zero-order chi connectivity index (χ0) is 11.5. The Morgan fingerprint density at radius 1 is 1.38 bits per heavy atom.